The molecule has 0 aliphatic carbocycles. The largest absolute Gasteiger partial charge is 0.497 e. The van der Waals surface area contributed by atoms with Crippen LogP contribution in [0.4, 0.5) is 15.6 Å². The number of rotatable bonds is 8. The standard InChI is InChI=1S/C22H24BrN5O3S/c1-4-13(2)18(25-21(30)24-16-9-6-10-17(12-16)31-3)19(29)26-22-28-27-20(32-22)14-7-5-8-15(23)11-14/h5-13,18H,4H2,1-3H3,(H2,24,25,30)(H,26,28,29). The molecule has 2 atom stereocenters. The number of carbonyl (C=O) groups excluding carboxylic acids is 2. The summed E-state index contributed by atoms with van der Waals surface area (Å²) in [5.74, 6) is 0.178. The third kappa shape index (κ3) is 6.27. The van der Waals surface area contributed by atoms with E-state index in [1.165, 1.54) is 11.3 Å². The molecule has 0 bridgehead atoms. The zero-order chi connectivity index (χ0) is 23.1. The fourth-order valence-electron chi connectivity index (χ4n) is 2.91. The van der Waals surface area contributed by atoms with Crippen molar-refractivity contribution in [2.75, 3.05) is 17.7 Å². The number of methoxy groups -OCH3 is 1. The van der Waals surface area contributed by atoms with Crippen molar-refractivity contribution < 1.29 is 14.3 Å². The maximum Gasteiger partial charge on any atom is 0.319 e. The number of halogens is 1. The third-order valence-electron chi connectivity index (χ3n) is 4.84. The summed E-state index contributed by atoms with van der Waals surface area (Å²) in [7, 11) is 1.55. The van der Waals surface area contributed by atoms with Gasteiger partial charge in [-0.05, 0) is 30.2 Å². The minimum absolute atomic E-state index is 0.0940. The maximum absolute atomic E-state index is 13.0. The molecule has 0 saturated heterocycles. The van der Waals surface area contributed by atoms with Gasteiger partial charge in [0.05, 0.1) is 7.11 Å². The first kappa shape index (κ1) is 23.7. The first-order valence-electron chi connectivity index (χ1n) is 10.0. The van der Waals surface area contributed by atoms with Gasteiger partial charge in [0, 0.05) is 21.8 Å². The number of hydrogen-bond donors (Lipinski definition) is 3. The molecule has 0 spiro atoms. The summed E-state index contributed by atoms with van der Waals surface area (Å²) in [6.07, 6.45) is 0.705. The number of urea groups is 1. The van der Waals surface area contributed by atoms with Crippen molar-refractivity contribution in [3.8, 4) is 16.3 Å². The number of nitrogens with one attached hydrogen (secondary N) is 3. The summed E-state index contributed by atoms with van der Waals surface area (Å²) in [5, 5.41) is 17.6. The van der Waals surface area contributed by atoms with Crippen LogP contribution in [0.2, 0.25) is 0 Å². The molecule has 1 heterocycles. The van der Waals surface area contributed by atoms with E-state index >= 15 is 0 Å². The SMILES string of the molecule is CCC(C)C(NC(=O)Nc1cccc(OC)c1)C(=O)Nc1nnc(-c2cccc(Br)c2)s1. The lowest BCUT2D eigenvalue weighted by atomic mass is 9.98. The van der Waals surface area contributed by atoms with Crippen molar-refractivity contribution in [3.05, 3.63) is 53.0 Å². The fraction of sp³-hybridized carbons (Fsp3) is 0.273. The molecule has 10 heteroatoms. The monoisotopic (exact) mass is 517 g/mol. The Morgan fingerprint density at radius 1 is 1.12 bits per heavy atom. The van der Waals surface area contributed by atoms with Gasteiger partial charge in [-0.25, -0.2) is 4.79 Å². The van der Waals surface area contributed by atoms with E-state index in [0.717, 1.165) is 10.0 Å². The molecular weight excluding hydrogens is 494 g/mol. The second kappa shape index (κ2) is 11.1. The summed E-state index contributed by atoms with van der Waals surface area (Å²) < 4.78 is 6.10. The molecule has 0 aliphatic rings. The second-order valence-electron chi connectivity index (χ2n) is 7.11. The minimum atomic E-state index is -0.746. The van der Waals surface area contributed by atoms with Crippen LogP contribution in [0.5, 0.6) is 5.75 Å². The Hall–Kier alpha value is -2.98. The number of aromatic nitrogens is 2. The van der Waals surface area contributed by atoms with Gasteiger partial charge in [-0.15, -0.1) is 10.2 Å². The van der Waals surface area contributed by atoms with Crippen LogP contribution in [0, 0.1) is 5.92 Å². The van der Waals surface area contributed by atoms with Crippen LogP contribution >= 0.6 is 27.3 Å². The molecule has 0 saturated carbocycles. The molecule has 3 rings (SSSR count). The van der Waals surface area contributed by atoms with Gasteiger partial charge in [0.1, 0.15) is 16.8 Å². The molecule has 168 valence electrons. The normalized spacial score (nSPS) is 12.5. The Labute approximate surface area is 198 Å². The number of carbonyl (C=O) groups is 2. The lowest BCUT2D eigenvalue weighted by Gasteiger charge is -2.23. The topological polar surface area (TPSA) is 105 Å². The number of nitrogens with zero attached hydrogens (tertiary/aromatic N) is 2. The highest BCUT2D eigenvalue weighted by Crippen LogP contribution is 2.28. The molecule has 0 radical (unpaired) electrons. The van der Waals surface area contributed by atoms with E-state index in [-0.39, 0.29) is 11.8 Å². The molecule has 3 amide bonds. The number of benzene rings is 2. The van der Waals surface area contributed by atoms with Gasteiger partial charge in [-0.3, -0.25) is 10.1 Å². The maximum atomic E-state index is 13.0. The van der Waals surface area contributed by atoms with Crippen LogP contribution in [-0.2, 0) is 4.79 Å². The molecule has 2 aromatic carbocycles. The van der Waals surface area contributed by atoms with E-state index in [1.807, 2.05) is 38.1 Å². The first-order valence-corrected chi connectivity index (χ1v) is 11.6. The Bertz CT molecular complexity index is 1090. The highest BCUT2D eigenvalue weighted by atomic mass is 79.9. The Morgan fingerprint density at radius 2 is 1.91 bits per heavy atom. The Kier molecular flexibility index (Phi) is 8.18. The average Bonchev–Trinajstić information content (AvgIpc) is 3.25. The zero-order valence-corrected chi connectivity index (χ0v) is 20.3. The Balaban J connectivity index is 1.67. The first-order chi connectivity index (χ1) is 15.4. The second-order valence-corrected chi connectivity index (χ2v) is 9.00. The van der Waals surface area contributed by atoms with E-state index in [9.17, 15) is 9.59 Å². The summed E-state index contributed by atoms with van der Waals surface area (Å²) in [4.78, 5) is 25.5. The van der Waals surface area contributed by atoms with Gasteiger partial charge in [0.15, 0.2) is 0 Å². The molecule has 0 fully saturated rings. The highest BCUT2D eigenvalue weighted by Gasteiger charge is 2.27. The summed E-state index contributed by atoms with van der Waals surface area (Å²) in [5.41, 5.74) is 1.46. The quantitative estimate of drug-likeness (QED) is 0.383. The van der Waals surface area contributed by atoms with Crippen molar-refractivity contribution in [1.29, 1.82) is 0 Å². The van der Waals surface area contributed by atoms with Crippen molar-refractivity contribution in [2.45, 2.75) is 26.3 Å². The molecule has 1 aromatic heterocycles. The molecule has 3 aromatic rings. The number of ether oxygens (including phenoxy) is 1. The van der Waals surface area contributed by atoms with Crippen LogP contribution in [0.3, 0.4) is 0 Å². The summed E-state index contributed by atoms with van der Waals surface area (Å²) in [6, 6.07) is 13.4. The van der Waals surface area contributed by atoms with Crippen LogP contribution in [0.15, 0.2) is 53.0 Å². The van der Waals surface area contributed by atoms with Crippen molar-refractivity contribution in [2.24, 2.45) is 5.92 Å². The third-order valence-corrected chi connectivity index (χ3v) is 6.22. The fourth-order valence-corrected chi connectivity index (χ4v) is 4.05. The molecular formula is C22H24BrN5O3S. The molecule has 32 heavy (non-hydrogen) atoms. The van der Waals surface area contributed by atoms with Crippen LogP contribution in [0.1, 0.15) is 20.3 Å². The smallest absolute Gasteiger partial charge is 0.319 e. The van der Waals surface area contributed by atoms with E-state index in [1.54, 1.807) is 31.4 Å². The van der Waals surface area contributed by atoms with Crippen LogP contribution in [-0.4, -0.2) is 35.3 Å². The number of amides is 3. The number of anilines is 2. The zero-order valence-electron chi connectivity index (χ0n) is 17.9. The lowest BCUT2D eigenvalue weighted by molar-refractivity contribution is -0.119. The predicted octanol–water partition coefficient (Wildman–Crippen LogP) is 5.15. The van der Waals surface area contributed by atoms with Crippen molar-refractivity contribution in [1.82, 2.24) is 15.5 Å². The molecule has 0 aliphatic heterocycles. The van der Waals surface area contributed by atoms with Crippen molar-refractivity contribution in [3.63, 3.8) is 0 Å². The molecule has 8 nitrogen and oxygen atoms in total. The van der Waals surface area contributed by atoms with Gasteiger partial charge in [-0.1, -0.05) is 65.7 Å². The highest BCUT2D eigenvalue weighted by molar-refractivity contribution is 9.10. The number of hydrogen-bond acceptors (Lipinski definition) is 6. The van der Waals surface area contributed by atoms with E-state index in [0.29, 0.717) is 28.0 Å². The minimum Gasteiger partial charge on any atom is -0.497 e. The predicted molar refractivity (Wildman–Crippen MR) is 130 cm³/mol. The van der Waals surface area contributed by atoms with E-state index < -0.39 is 12.1 Å². The van der Waals surface area contributed by atoms with Gasteiger partial charge in [0.25, 0.3) is 0 Å². The van der Waals surface area contributed by atoms with Gasteiger partial charge < -0.3 is 15.4 Å². The average molecular weight is 518 g/mol. The summed E-state index contributed by atoms with van der Waals surface area (Å²) >= 11 is 4.71. The lowest BCUT2D eigenvalue weighted by Crippen LogP contribution is -2.49. The van der Waals surface area contributed by atoms with Crippen molar-refractivity contribution >= 4 is 50.0 Å². The van der Waals surface area contributed by atoms with Crippen LogP contribution < -0.4 is 20.7 Å². The van der Waals surface area contributed by atoms with Gasteiger partial charge >= 0.3 is 6.03 Å². The van der Waals surface area contributed by atoms with Gasteiger partial charge in [-0.2, -0.15) is 0 Å². The van der Waals surface area contributed by atoms with E-state index in [2.05, 4.69) is 42.1 Å². The van der Waals surface area contributed by atoms with Crippen LogP contribution in [0.25, 0.3) is 10.6 Å². The molecule has 3 N–H and O–H groups in total. The summed E-state index contributed by atoms with van der Waals surface area (Å²) in [6.45, 7) is 3.87. The Morgan fingerprint density at radius 3 is 2.62 bits per heavy atom. The molecule has 2 unspecified atom stereocenters. The van der Waals surface area contributed by atoms with E-state index in [4.69, 9.17) is 4.74 Å². The van der Waals surface area contributed by atoms with Gasteiger partial charge in [0.2, 0.25) is 11.0 Å².